The van der Waals surface area contributed by atoms with Crippen LogP contribution in [0.2, 0.25) is 0 Å². The predicted molar refractivity (Wildman–Crippen MR) is 51.5 cm³/mol. The summed E-state index contributed by atoms with van der Waals surface area (Å²) in [6, 6.07) is 5.85. The Bertz CT molecular complexity index is 418. The van der Waals surface area contributed by atoms with Gasteiger partial charge >= 0.3 is 6.36 Å². The Morgan fingerprint density at radius 3 is 2.38 bits per heavy atom. The highest BCUT2D eigenvalue weighted by Gasteiger charge is 2.32. The van der Waals surface area contributed by atoms with Crippen molar-refractivity contribution in [3.63, 3.8) is 0 Å². The van der Waals surface area contributed by atoms with Crippen LogP contribution in [0.1, 0.15) is 25.0 Å². The smallest absolute Gasteiger partial charge is 0.404 e. The lowest BCUT2D eigenvalue weighted by Gasteiger charge is -2.13. The van der Waals surface area contributed by atoms with Crippen LogP contribution in [0, 0.1) is 17.2 Å². The van der Waals surface area contributed by atoms with Gasteiger partial charge in [-0.1, -0.05) is 26.0 Å². The first-order valence-electron chi connectivity index (χ1n) is 4.44. The fourth-order valence-corrected chi connectivity index (χ4v) is 1.27. The van der Waals surface area contributed by atoms with E-state index in [4.69, 9.17) is 5.26 Å². The molecule has 0 bridgehead atoms. The monoisotopic (exact) mass is 228 g/mol. The molecule has 1 radical (unpaired) electrons. The molecule has 1 aromatic carbocycles. The van der Waals surface area contributed by atoms with Gasteiger partial charge in [0.15, 0.2) is 0 Å². The Morgan fingerprint density at radius 2 is 1.94 bits per heavy atom. The molecule has 0 fully saturated rings. The third-order valence-electron chi connectivity index (χ3n) is 1.90. The van der Waals surface area contributed by atoms with Crippen LogP contribution in [-0.2, 0) is 0 Å². The molecule has 1 aromatic rings. The first kappa shape index (κ1) is 12.4. The summed E-state index contributed by atoms with van der Waals surface area (Å²) < 4.78 is 39.9. The van der Waals surface area contributed by atoms with Crippen LogP contribution in [0.3, 0.4) is 0 Å². The lowest BCUT2D eigenvalue weighted by molar-refractivity contribution is -0.274. The summed E-state index contributed by atoms with van der Waals surface area (Å²) in [6.45, 7) is 3.43. The van der Waals surface area contributed by atoms with Crippen LogP contribution in [-0.4, -0.2) is 6.36 Å². The third-order valence-corrected chi connectivity index (χ3v) is 1.90. The van der Waals surface area contributed by atoms with Gasteiger partial charge < -0.3 is 4.74 Å². The molecule has 0 atom stereocenters. The van der Waals surface area contributed by atoms with Gasteiger partial charge in [0, 0.05) is 5.92 Å². The van der Waals surface area contributed by atoms with Crippen LogP contribution in [0.5, 0.6) is 5.75 Å². The maximum atomic E-state index is 12.1. The van der Waals surface area contributed by atoms with Crippen molar-refractivity contribution in [3.05, 3.63) is 35.2 Å². The summed E-state index contributed by atoms with van der Waals surface area (Å²) >= 11 is 0. The van der Waals surface area contributed by atoms with E-state index < -0.39 is 12.1 Å². The molecule has 1 rings (SSSR count). The number of hydrogen-bond donors (Lipinski definition) is 0. The topological polar surface area (TPSA) is 33.0 Å². The van der Waals surface area contributed by atoms with E-state index in [0.29, 0.717) is 5.56 Å². The Balaban J connectivity index is 3.21. The number of nitriles is 1. The van der Waals surface area contributed by atoms with E-state index in [1.165, 1.54) is 6.07 Å². The maximum Gasteiger partial charge on any atom is 0.573 e. The molecular weight excluding hydrogens is 219 g/mol. The zero-order valence-electron chi connectivity index (χ0n) is 8.72. The molecule has 0 saturated heterocycles. The molecule has 0 aliphatic heterocycles. The minimum Gasteiger partial charge on any atom is -0.404 e. The highest BCUT2D eigenvalue weighted by Crippen LogP contribution is 2.30. The van der Waals surface area contributed by atoms with E-state index in [1.807, 2.05) is 0 Å². The lowest BCUT2D eigenvalue weighted by atomic mass is 9.97. The molecule has 0 amide bonds. The van der Waals surface area contributed by atoms with Gasteiger partial charge in [0.05, 0.1) is 5.56 Å². The molecule has 0 N–H and O–H groups in total. The molecular formula is C11H9F3NO. The second-order valence-corrected chi connectivity index (χ2v) is 3.34. The Hall–Kier alpha value is -1.70. The number of alkyl halides is 3. The fourth-order valence-electron chi connectivity index (χ4n) is 1.27. The first-order chi connectivity index (χ1) is 7.35. The number of hydrogen-bond acceptors (Lipinski definition) is 2. The average molecular weight is 228 g/mol. The number of ether oxygens (including phenoxy) is 1. The van der Waals surface area contributed by atoms with Crippen LogP contribution < -0.4 is 4.74 Å². The summed E-state index contributed by atoms with van der Waals surface area (Å²) in [5.41, 5.74) is 0.365. The third kappa shape index (κ3) is 2.89. The minimum absolute atomic E-state index is 0.0974. The van der Waals surface area contributed by atoms with Gasteiger partial charge in [0.25, 0.3) is 0 Å². The van der Waals surface area contributed by atoms with E-state index in [-0.39, 0.29) is 5.56 Å². The van der Waals surface area contributed by atoms with E-state index in [9.17, 15) is 13.2 Å². The largest absolute Gasteiger partial charge is 0.573 e. The van der Waals surface area contributed by atoms with Crippen LogP contribution in [0.25, 0.3) is 0 Å². The van der Waals surface area contributed by atoms with E-state index >= 15 is 0 Å². The average Bonchev–Trinajstić information content (AvgIpc) is 2.14. The van der Waals surface area contributed by atoms with Crippen molar-refractivity contribution >= 4 is 0 Å². The summed E-state index contributed by atoms with van der Waals surface area (Å²) in [5.74, 6) is 0.290. The van der Waals surface area contributed by atoms with Gasteiger partial charge in [-0.05, 0) is 11.6 Å². The normalized spacial score (nSPS) is 11.3. The maximum absolute atomic E-state index is 12.1. The Labute approximate surface area is 91.3 Å². The standard InChI is InChI=1S/C11H9F3NO/c1-7(2)8-4-3-5-10(9(8)6-15)16-11(12,13)14/h3-5H,1-2H3. The quantitative estimate of drug-likeness (QED) is 0.776. The molecule has 0 aromatic heterocycles. The molecule has 5 heteroatoms. The Morgan fingerprint density at radius 1 is 1.31 bits per heavy atom. The summed E-state index contributed by atoms with van der Waals surface area (Å²) in [7, 11) is 0. The van der Waals surface area contributed by atoms with Gasteiger partial charge in [0.1, 0.15) is 11.8 Å². The van der Waals surface area contributed by atoms with E-state index in [0.717, 1.165) is 12.0 Å². The predicted octanol–water partition coefficient (Wildman–Crippen LogP) is 3.42. The molecule has 0 spiro atoms. The van der Waals surface area contributed by atoms with Crippen molar-refractivity contribution < 1.29 is 17.9 Å². The highest BCUT2D eigenvalue weighted by atomic mass is 19.4. The second-order valence-electron chi connectivity index (χ2n) is 3.34. The van der Waals surface area contributed by atoms with Gasteiger partial charge in [-0.3, -0.25) is 0 Å². The van der Waals surface area contributed by atoms with Gasteiger partial charge in [-0.15, -0.1) is 13.2 Å². The van der Waals surface area contributed by atoms with Crippen molar-refractivity contribution in [1.29, 1.82) is 5.26 Å². The molecule has 0 unspecified atom stereocenters. The van der Waals surface area contributed by atoms with Crippen LogP contribution in [0.15, 0.2) is 18.2 Å². The highest BCUT2D eigenvalue weighted by molar-refractivity contribution is 5.53. The van der Waals surface area contributed by atoms with Crippen molar-refractivity contribution in [1.82, 2.24) is 0 Å². The SMILES string of the molecule is C[C](C)c1cccc(OC(F)(F)F)c1C#N. The van der Waals surface area contributed by atoms with Crippen molar-refractivity contribution in [2.45, 2.75) is 20.2 Å². The summed E-state index contributed by atoms with van der Waals surface area (Å²) in [5, 5.41) is 8.83. The zero-order valence-corrected chi connectivity index (χ0v) is 8.72. The molecule has 0 aliphatic rings. The number of nitrogens with zero attached hydrogens (tertiary/aromatic N) is 1. The molecule has 16 heavy (non-hydrogen) atoms. The van der Waals surface area contributed by atoms with Gasteiger partial charge in [0.2, 0.25) is 0 Å². The lowest BCUT2D eigenvalue weighted by Crippen LogP contribution is -2.18. The molecule has 2 nitrogen and oxygen atoms in total. The number of rotatable bonds is 2. The van der Waals surface area contributed by atoms with E-state index in [2.05, 4.69) is 4.74 Å². The van der Waals surface area contributed by atoms with Crippen molar-refractivity contribution in [3.8, 4) is 11.8 Å². The number of halogens is 3. The molecule has 0 saturated carbocycles. The van der Waals surface area contributed by atoms with Crippen LogP contribution in [0.4, 0.5) is 13.2 Å². The van der Waals surface area contributed by atoms with Crippen LogP contribution >= 0.6 is 0 Å². The van der Waals surface area contributed by atoms with Crippen molar-refractivity contribution in [2.75, 3.05) is 0 Å². The minimum atomic E-state index is -4.79. The summed E-state index contributed by atoms with van der Waals surface area (Å²) in [4.78, 5) is 0. The molecule has 0 aliphatic carbocycles. The molecule has 85 valence electrons. The van der Waals surface area contributed by atoms with Crippen molar-refractivity contribution in [2.24, 2.45) is 0 Å². The number of benzene rings is 1. The molecule has 0 heterocycles. The zero-order chi connectivity index (χ0) is 12.3. The van der Waals surface area contributed by atoms with Gasteiger partial charge in [-0.2, -0.15) is 5.26 Å². The van der Waals surface area contributed by atoms with E-state index in [1.54, 1.807) is 26.0 Å². The fraction of sp³-hybridized carbons (Fsp3) is 0.273. The Kier molecular flexibility index (Phi) is 3.43. The summed E-state index contributed by atoms with van der Waals surface area (Å²) in [6.07, 6.45) is -4.79. The second kappa shape index (κ2) is 4.44. The van der Waals surface area contributed by atoms with Gasteiger partial charge in [-0.25, -0.2) is 0 Å². The first-order valence-corrected chi connectivity index (χ1v) is 4.44.